The SMILES string of the molecule is Cn1c(SCC2=C(C(=O)O)N3C(=O)C(NC(=O)C(NC(=O)n4c(=O)[nH]c5ccccc54)c4ccccc4)[C@@H]3SC2)nnc(O)c1=O. The number of fused-ring (bicyclic) bond motifs is 2. The highest BCUT2D eigenvalue weighted by molar-refractivity contribution is 8.01. The van der Waals surface area contributed by atoms with Crippen molar-refractivity contribution in [2.75, 3.05) is 11.5 Å². The van der Waals surface area contributed by atoms with Crippen molar-refractivity contribution in [2.45, 2.75) is 22.6 Å². The van der Waals surface area contributed by atoms with Crippen LogP contribution in [0.25, 0.3) is 11.0 Å². The number of nitrogens with zero attached hydrogens (tertiary/aromatic N) is 5. The van der Waals surface area contributed by atoms with Crippen LogP contribution in [-0.2, 0) is 21.4 Å². The van der Waals surface area contributed by atoms with Crippen LogP contribution in [0.15, 0.2) is 80.6 Å². The first kappa shape index (κ1) is 30.7. The summed E-state index contributed by atoms with van der Waals surface area (Å²) < 4.78 is 1.95. The van der Waals surface area contributed by atoms with E-state index in [1.54, 1.807) is 54.6 Å². The highest BCUT2D eigenvalue weighted by atomic mass is 32.2. The number of aromatic nitrogens is 5. The number of β-lactam (4-membered cyclic amide) rings is 1. The van der Waals surface area contributed by atoms with E-state index in [0.717, 1.165) is 25.8 Å². The summed E-state index contributed by atoms with van der Waals surface area (Å²) >= 11 is 2.25. The summed E-state index contributed by atoms with van der Waals surface area (Å²) in [4.78, 5) is 80.8. The van der Waals surface area contributed by atoms with Gasteiger partial charge in [-0.15, -0.1) is 22.0 Å². The number of aliphatic carboxylic acids is 1. The summed E-state index contributed by atoms with van der Waals surface area (Å²) in [5, 5.41) is 31.3. The van der Waals surface area contributed by atoms with Crippen LogP contribution in [0, 0.1) is 0 Å². The number of rotatable bonds is 8. The number of nitrogens with one attached hydrogen (secondary N) is 3. The molecule has 0 radical (unpaired) electrons. The molecule has 46 heavy (non-hydrogen) atoms. The van der Waals surface area contributed by atoms with Gasteiger partial charge in [-0.2, -0.15) is 0 Å². The predicted molar refractivity (Wildman–Crippen MR) is 165 cm³/mol. The average molecular weight is 665 g/mol. The van der Waals surface area contributed by atoms with Gasteiger partial charge in [-0.3, -0.25) is 23.9 Å². The van der Waals surface area contributed by atoms with Crippen LogP contribution in [0.2, 0.25) is 0 Å². The maximum atomic E-state index is 13.7. The van der Waals surface area contributed by atoms with Crippen LogP contribution < -0.4 is 21.9 Å². The second-order valence-corrected chi connectivity index (χ2v) is 12.2. The number of hydrogen-bond donors (Lipinski definition) is 5. The number of benzene rings is 2. The topological polar surface area (TPSA) is 222 Å². The van der Waals surface area contributed by atoms with Crippen molar-refractivity contribution in [3.05, 3.63) is 92.3 Å². The third-order valence-electron chi connectivity index (χ3n) is 7.39. The van der Waals surface area contributed by atoms with E-state index in [2.05, 4.69) is 25.8 Å². The van der Waals surface area contributed by atoms with Crippen LogP contribution in [0.5, 0.6) is 5.88 Å². The number of para-hydroxylation sites is 2. The molecular weight excluding hydrogens is 640 g/mol. The van der Waals surface area contributed by atoms with Crippen molar-refractivity contribution < 1.29 is 29.4 Å². The van der Waals surface area contributed by atoms with Crippen LogP contribution >= 0.6 is 23.5 Å². The van der Waals surface area contributed by atoms with Crippen molar-refractivity contribution in [1.82, 2.24) is 39.8 Å². The summed E-state index contributed by atoms with van der Waals surface area (Å²) in [6, 6.07) is 11.6. The highest BCUT2D eigenvalue weighted by Crippen LogP contribution is 2.41. The van der Waals surface area contributed by atoms with Crippen LogP contribution in [0.1, 0.15) is 11.6 Å². The van der Waals surface area contributed by atoms with Crippen LogP contribution in [0.3, 0.4) is 0 Å². The fourth-order valence-corrected chi connectivity index (χ4v) is 7.53. The quantitative estimate of drug-likeness (QED) is 0.127. The Hall–Kier alpha value is -5.36. The number of aromatic amines is 1. The number of thioether (sulfide) groups is 2. The molecule has 2 aliphatic heterocycles. The van der Waals surface area contributed by atoms with Crippen LogP contribution in [0.4, 0.5) is 4.79 Å². The van der Waals surface area contributed by atoms with Gasteiger partial charge in [-0.25, -0.2) is 19.0 Å². The standard InChI is InChI=1S/C28H24N8O8S2/c1-34-23(40)21(38)32-33-28(34)46-12-14-11-45-24-18(22(39)36(24)19(14)25(41)42)30-20(37)17(13-7-3-2-4-8-13)31-27(44)35-16-10-6-5-9-15(16)29-26(35)43/h2-10,17-18,24H,11-12H2,1H3,(H,29,43)(H,30,37)(H,31,44)(H,32,38)(H,41,42)/t17?,18?,24-/m0/s1. The van der Waals surface area contributed by atoms with E-state index >= 15 is 0 Å². The molecule has 236 valence electrons. The second kappa shape index (κ2) is 12.2. The molecular formula is C28H24N8O8S2. The largest absolute Gasteiger partial charge is 0.488 e. The van der Waals surface area contributed by atoms with E-state index in [1.807, 2.05) is 0 Å². The molecule has 1 saturated heterocycles. The zero-order valence-corrected chi connectivity index (χ0v) is 25.4. The Morgan fingerprint density at radius 1 is 1.09 bits per heavy atom. The summed E-state index contributed by atoms with van der Waals surface area (Å²) in [5.74, 6) is -3.26. The molecule has 2 aromatic heterocycles. The van der Waals surface area contributed by atoms with Gasteiger partial charge in [0.25, 0.3) is 11.8 Å². The number of H-pyrrole nitrogens is 1. The van der Waals surface area contributed by atoms with Crippen LogP contribution in [-0.4, -0.2) is 86.2 Å². The molecule has 2 unspecified atom stereocenters. The fraction of sp³-hybridized carbons (Fsp3) is 0.214. The van der Waals surface area contributed by atoms with E-state index in [0.29, 0.717) is 22.2 Å². The Morgan fingerprint density at radius 3 is 2.54 bits per heavy atom. The maximum Gasteiger partial charge on any atom is 0.352 e. The molecule has 4 heterocycles. The highest BCUT2D eigenvalue weighted by Gasteiger charge is 2.54. The van der Waals surface area contributed by atoms with Gasteiger partial charge in [0.1, 0.15) is 23.2 Å². The van der Waals surface area contributed by atoms with E-state index in [-0.39, 0.29) is 22.4 Å². The molecule has 16 nitrogen and oxygen atoms in total. The molecule has 18 heteroatoms. The normalized spacial score (nSPS) is 18.1. The summed E-state index contributed by atoms with van der Waals surface area (Å²) in [7, 11) is 1.38. The first-order valence-electron chi connectivity index (χ1n) is 13.6. The lowest BCUT2D eigenvalue weighted by Gasteiger charge is -2.49. The van der Waals surface area contributed by atoms with E-state index in [4.69, 9.17) is 0 Å². The molecule has 0 aliphatic carbocycles. The van der Waals surface area contributed by atoms with E-state index in [9.17, 15) is 39.0 Å². The number of carbonyl (C=O) groups is 4. The Morgan fingerprint density at radius 2 is 1.80 bits per heavy atom. The van der Waals surface area contributed by atoms with Gasteiger partial charge in [0.2, 0.25) is 5.91 Å². The molecule has 2 aliphatic rings. The lowest BCUT2D eigenvalue weighted by molar-refractivity contribution is -0.151. The predicted octanol–water partition coefficient (Wildman–Crippen LogP) is 0.354. The zero-order chi connectivity index (χ0) is 32.7. The number of carboxylic acids is 1. The Balaban J connectivity index is 1.21. The molecule has 4 aromatic rings. The van der Waals surface area contributed by atoms with Gasteiger partial charge in [0.05, 0.1) is 11.0 Å². The molecule has 3 amide bonds. The van der Waals surface area contributed by atoms with Gasteiger partial charge >= 0.3 is 23.2 Å². The number of imidazole rings is 1. The minimum absolute atomic E-state index is 0.0597. The molecule has 0 bridgehead atoms. The fourth-order valence-electron chi connectivity index (χ4n) is 5.14. The molecule has 0 spiro atoms. The minimum Gasteiger partial charge on any atom is -0.488 e. The molecule has 3 atom stereocenters. The first-order valence-corrected chi connectivity index (χ1v) is 15.6. The molecule has 0 saturated carbocycles. The molecule has 5 N–H and O–H groups in total. The number of amides is 3. The zero-order valence-electron chi connectivity index (χ0n) is 23.7. The van der Waals surface area contributed by atoms with E-state index < -0.39 is 58.4 Å². The second-order valence-electron chi connectivity index (χ2n) is 10.2. The monoisotopic (exact) mass is 664 g/mol. The number of carbonyl (C=O) groups excluding carboxylic acids is 3. The van der Waals surface area contributed by atoms with Gasteiger partial charge < -0.3 is 25.8 Å². The van der Waals surface area contributed by atoms with Gasteiger partial charge in [-0.05, 0) is 23.3 Å². The number of hydrogen-bond acceptors (Lipinski definition) is 11. The number of carboxylic acid groups (broad SMARTS) is 1. The smallest absolute Gasteiger partial charge is 0.352 e. The van der Waals surface area contributed by atoms with Gasteiger partial charge in [0.15, 0.2) is 5.16 Å². The molecule has 1 fully saturated rings. The maximum absolute atomic E-state index is 13.7. The summed E-state index contributed by atoms with van der Waals surface area (Å²) in [5.41, 5.74) is -0.194. The lowest BCUT2D eigenvalue weighted by Crippen LogP contribution is -2.71. The minimum atomic E-state index is -1.34. The first-order chi connectivity index (χ1) is 22.1. The molecule has 2 aromatic carbocycles. The van der Waals surface area contributed by atoms with Crippen molar-refractivity contribution in [2.24, 2.45) is 7.05 Å². The third kappa shape index (κ3) is 5.40. The van der Waals surface area contributed by atoms with Gasteiger partial charge in [0, 0.05) is 18.6 Å². The van der Waals surface area contributed by atoms with Crippen molar-refractivity contribution in [3.8, 4) is 5.88 Å². The Kier molecular flexibility index (Phi) is 8.13. The third-order valence-corrected chi connectivity index (χ3v) is 9.84. The lowest BCUT2D eigenvalue weighted by atomic mass is 10.0. The van der Waals surface area contributed by atoms with E-state index in [1.165, 1.54) is 18.8 Å². The van der Waals surface area contributed by atoms with Gasteiger partial charge in [-0.1, -0.05) is 54.2 Å². The van der Waals surface area contributed by atoms with Crippen molar-refractivity contribution in [1.29, 1.82) is 0 Å². The van der Waals surface area contributed by atoms with Crippen molar-refractivity contribution >= 4 is 58.4 Å². The van der Waals surface area contributed by atoms with Crippen molar-refractivity contribution in [3.63, 3.8) is 0 Å². The summed E-state index contributed by atoms with van der Waals surface area (Å²) in [6.45, 7) is 0. The summed E-state index contributed by atoms with van der Waals surface area (Å²) in [6.07, 6.45) is 0. The molecule has 6 rings (SSSR count). The number of aromatic hydroxyl groups is 1. The average Bonchev–Trinajstić information content (AvgIpc) is 3.40. The Bertz CT molecular complexity index is 2060. The Labute approximate surface area is 266 Å².